The molecule has 1 aliphatic heterocycles. The first-order valence-electron chi connectivity index (χ1n) is 6.43. The molecule has 1 fully saturated rings. The first-order valence-corrected chi connectivity index (χ1v) is 6.43. The van der Waals surface area contributed by atoms with Crippen LogP contribution in [0.4, 0.5) is 4.79 Å². The molecular formula is C13H19N3O4. The molecule has 0 aliphatic carbocycles. The summed E-state index contributed by atoms with van der Waals surface area (Å²) in [6.07, 6.45) is 6.14. The zero-order valence-electron chi connectivity index (χ0n) is 11.4. The predicted molar refractivity (Wildman–Crippen MR) is 71.8 cm³/mol. The first-order chi connectivity index (χ1) is 9.49. The standard InChI is InChI=1S/C13H19N3O4/c1-3-4-10(12(18)19)15-13(20)16-7-5-9(6-8-16)11(17)14-2/h1,9-10H,4-8H2,2H3,(H,14,17)(H,15,20)(H,18,19). The number of amides is 3. The summed E-state index contributed by atoms with van der Waals surface area (Å²) in [4.78, 5) is 35.8. The third kappa shape index (κ3) is 4.16. The molecule has 1 saturated heterocycles. The molecule has 0 radical (unpaired) electrons. The van der Waals surface area contributed by atoms with Crippen molar-refractivity contribution in [1.82, 2.24) is 15.5 Å². The zero-order chi connectivity index (χ0) is 15.1. The molecule has 0 aromatic heterocycles. The first kappa shape index (κ1) is 15.8. The van der Waals surface area contributed by atoms with E-state index >= 15 is 0 Å². The topological polar surface area (TPSA) is 98.7 Å². The number of hydrogen-bond acceptors (Lipinski definition) is 3. The monoisotopic (exact) mass is 281 g/mol. The summed E-state index contributed by atoms with van der Waals surface area (Å²) in [5.74, 6) is 0.944. The van der Waals surface area contributed by atoms with Gasteiger partial charge in [-0.05, 0) is 12.8 Å². The van der Waals surface area contributed by atoms with Crippen LogP contribution in [0.15, 0.2) is 0 Å². The fourth-order valence-electron chi connectivity index (χ4n) is 2.11. The smallest absolute Gasteiger partial charge is 0.327 e. The number of carbonyl (C=O) groups is 3. The number of piperidine rings is 1. The van der Waals surface area contributed by atoms with Crippen molar-refractivity contribution in [3.05, 3.63) is 0 Å². The Balaban J connectivity index is 2.48. The van der Waals surface area contributed by atoms with E-state index in [1.165, 1.54) is 4.90 Å². The van der Waals surface area contributed by atoms with Crippen LogP contribution in [-0.2, 0) is 9.59 Å². The van der Waals surface area contributed by atoms with Crippen LogP contribution in [0.2, 0.25) is 0 Å². The molecule has 0 spiro atoms. The largest absolute Gasteiger partial charge is 0.480 e. The van der Waals surface area contributed by atoms with Gasteiger partial charge in [-0.1, -0.05) is 0 Å². The van der Waals surface area contributed by atoms with Crippen molar-refractivity contribution in [2.75, 3.05) is 20.1 Å². The molecule has 0 saturated carbocycles. The summed E-state index contributed by atoms with van der Waals surface area (Å²) >= 11 is 0. The van der Waals surface area contributed by atoms with Crippen LogP contribution in [0.1, 0.15) is 19.3 Å². The molecule has 0 aromatic rings. The Kier molecular flexibility index (Phi) is 5.84. The van der Waals surface area contributed by atoms with Crippen LogP contribution in [0.3, 0.4) is 0 Å². The van der Waals surface area contributed by atoms with Gasteiger partial charge in [-0.15, -0.1) is 12.3 Å². The summed E-state index contributed by atoms with van der Waals surface area (Å²) in [7, 11) is 1.58. The van der Waals surface area contributed by atoms with E-state index in [0.29, 0.717) is 25.9 Å². The molecule has 7 nitrogen and oxygen atoms in total. The molecule has 110 valence electrons. The maximum atomic E-state index is 11.9. The molecule has 1 aliphatic rings. The minimum atomic E-state index is -1.16. The minimum absolute atomic E-state index is 0.0270. The third-order valence-corrected chi connectivity index (χ3v) is 3.32. The zero-order valence-corrected chi connectivity index (χ0v) is 11.4. The number of nitrogens with zero attached hydrogens (tertiary/aromatic N) is 1. The van der Waals surface area contributed by atoms with Gasteiger partial charge in [0.15, 0.2) is 0 Å². The van der Waals surface area contributed by atoms with Crippen LogP contribution in [0.5, 0.6) is 0 Å². The molecule has 3 amide bonds. The number of carboxylic acids is 1. The quantitative estimate of drug-likeness (QED) is 0.612. The van der Waals surface area contributed by atoms with Gasteiger partial charge >= 0.3 is 12.0 Å². The number of rotatable bonds is 4. The number of carboxylic acid groups (broad SMARTS) is 1. The Morgan fingerprint density at radius 2 is 2.00 bits per heavy atom. The highest BCUT2D eigenvalue weighted by molar-refractivity contribution is 5.83. The van der Waals surface area contributed by atoms with Crippen LogP contribution in [0, 0.1) is 18.3 Å². The maximum Gasteiger partial charge on any atom is 0.327 e. The van der Waals surface area contributed by atoms with Gasteiger partial charge in [-0.2, -0.15) is 0 Å². The SMILES string of the molecule is C#CCC(NC(=O)N1CCC(C(=O)NC)CC1)C(=O)O. The molecule has 1 rings (SSSR count). The van der Waals surface area contributed by atoms with E-state index in [0.717, 1.165) is 0 Å². The van der Waals surface area contributed by atoms with Gasteiger partial charge < -0.3 is 20.6 Å². The molecule has 0 bridgehead atoms. The van der Waals surface area contributed by atoms with Gasteiger partial charge in [0.1, 0.15) is 6.04 Å². The lowest BCUT2D eigenvalue weighted by atomic mass is 9.96. The van der Waals surface area contributed by atoms with Gasteiger partial charge in [0.2, 0.25) is 5.91 Å². The molecule has 20 heavy (non-hydrogen) atoms. The number of nitrogens with one attached hydrogen (secondary N) is 2. The van der Waals surface area contributed by atoms with Crippen molar-refractivity contribution in [2.24, 2.45) is 5.92 Å². The van der Waals surface area contributed by atoms with Crippen molar-refractivity contribution in [2.45, 2.75) is 25.3 Å². The predicted octanol–water partition coefficient (Wildman–Crippen LogP) is -0.369. The number of urea groups is 1. The lowest BCUT2D eigenvalue weighted by Crippen LogP contribution is -2.51. The van der Waals surface area contributed by atoms with Crippen LogP contribution in [0.25, 0.3) is 0 Å². The number of carbonyl (C=O) groups excluding carboxylic acids is 2. The van der Waals surface area contributed by atoms with E-state index in [2.05, 4.69) is 16.6 Å². The van der Waals surface area contributed by atoms with E-state index in [-0.39, 0.29) is 18.2 Å². The van der Waals surface area contributed by atoms with Gasteiger partial charge in [0.05, 0.1) is 0 Å². The average molecular weight is 281 g/mol. The second kappa shape index (κ2) is 7.38. The van der Waals surface area contributed by atoms with Crippen molar-refractivity contribution >= 4 is 17.9 Å². The van der Waals surface area contributed by atoms with E-state index in [4.69, 9.17) is 11.5 Å². The fourth-order valence-corrected chi connectivity index (χ4v) is 2.11. The van der Waals surface area contributed by atoms with Gasteiger partial charge in [-0.3, -0.25) is 4.79 Å². The number of terminal acetylenes is 1. The highest BCUT2D eigenvalue weighted by Crippen LogP contribution is 2.17. The fraction of sp³-hybridized carbons (Fsp3) is 0.615. The Labute approximate surface area is 117 Å². The summed E-state index contributed by atoms with van der Waals surface area (Å²) < 4.78 is 0. The van der Waals surface area contributed by atoms with Gasteiger partial charge in [0.25, 0.3) is 0 Å². The molecule has 1 atom stereocenters. The maximum absolute atomic E-state index is 11.9. The highest BCUT2D eigenvalue weighted by Gasteiger charge is 2.28. The molecule has 1 heterocycles. The third-order valence-electron chi connectivity index (χ3n) is 3.32. The van der Waals surface area contributed by atoms with E-state index in [1.807, 2.05) is 0 Å². The summed E-state index contributed by atoms with van der Waals surface area (Å²) in [6.45, 7) is 0.846. The Hall–Kier alpha value is -2.23. The van der Waals surface area contributed by atoms with Gasteiger partial charge in [-0.25, -0.2) is 9.59 Å². The van der Waals surface area contributed by atoms with Crippen molar-refractivity contribution in [1.29, 1.82) is 0 Å². The number of likely N-dealkylation sites (tertiary alicyclic amines) is 1. The second-order valence-electron chi connectivity index (χ2n) is 4.62. The van der Waals surface area contributed by atoms with Crippen molar-refractivity contribution < 1.29 is 19.5 Å². The van der Waals surface area contributed by atoms with E-state index < -0.39 is 18.0 Å². The lowest BCUT2D eigenvalue weighted by molar-refractivity contribution is -0.139. The van der Waals surface area contributed by atoms with Crippen molar-refractivity contribution in [3.8, 4) is 12.3 Å². The summed E-state index contributed by atoms with van der Waals surface area (Å²) in [6, 6.07) is -1.54. The number of hydrogen-bond donors (Lipinski definition) is 3. The Morgan fingerprint density at radius 3 is 2.45 bits per heavy atom. The highest BCUT2D eigenvalue weighted by atomic mass is 16.4. The van der Waals surface area contributed by atoms with Crippen LogP contribution in [-0.4, -0.2) is 54.1 Å². The minimum Gasteiger partial charge on any atom is -0.480 e. The van der Waals surface area contributed by atoms with Gasteiger partial charge in [0, 0.05) is 32.5 Å². The Morgan fingerprint density at radius 1 is 1.40 bits per heavy atom. The second-order valence-corrected chi connectivity index (χ2v) is 4.62. The van der Waals surface area contributed by atoms with E-state index in [9.17, 15) is 14.4 Å². The summed E-state index contributed by atoms with van der Waals surface area (Å²) in [5, 5.41) is 13.9. The van der Waals surface area contributed by atoms with Crippen molar-refractivity contribution in [3.63, 3.8) is 0 Å². The normalized spacial score (nSPS) is 16.9. The van der Waals surface area contributed by atoms with E-state index in [1.54, 1.807) is 7.05 Å². The average Bonchev–Trinajstić information content (AvgIpc) is 2.45. The van der Waals surface area contributed by atoms with Crippen LogP contribution >= 0.6 is 0 Å². The summed E-state index contributed by atoms with van der Waals surface area (Å²) in [5.41, 5.74) is 0. The molecular weight excluding hydrogens is 262 g/mol. The lowest BCUT2D eigenvalue weighted by Gasteiger charge is -2.31. The molecule has 0 aromatic carbocycles. The number of aliphatic carboxylic acids is 1. The van der Waals surface area contributed by atoms with Crippen LogP contribution < -0.4 is 10.6 Å². The Bertz CT molecular complexity index is 422. The molecule has 3 N–H and O–H groups in total. The molecule has 1 unspecified atom stereocenters. The molecule has 7 heteroatoms.